The molecule has 0 spiro atoms. The highest BCUT2D eigenvalue weighted by atomic mass is 32.2. The van der Waals surface area contributed by atoms with Crippen molar-refractivity contribution in [1.29, 1.82) is 0 Å². The summed E-state index contributed by atoms with van der Waals surface area (Å²) in [5.74, 6) is 0.428. The molecule has 1 aromatic carbocycles. The molecular formula is C17H23NO4S. The van der Waals surface area contributed by atoms with E-state index < -0.39 is 16.8 Å². The van der Waals surface area contributed by atoms with Crippen molar-refractivity contribution in [2.24, 2.45) is 0 Å². The van der Waals surface area contributed by atoms with E-state index in [1.165, 1.54) is 13.2 Å². The summed E-state index contributed by atoms with van der Waals surface area (Å²) in [6.45, 7) is 2.35. The summed E-state index contributed by atoms with van der Waals surface area (Å²) in [4.78, 5) is 25.1. The minimum absolute atomic E-state index is 0.111. The number of amides is 1. The molecule has 0 N–H and O–H groups in total. The molecule has 23 heavy (non-hydrogen) atoms. The molecule has 0 bridgehead atoms. The molecule has 6 heteroatoms. The molecule has 5 nitrogen and oxygen atoms in total. The first-order valence-electron chi connectivity index (χ1n) is 7.42. The highest BCUT2D eigenvalue weighted by Crippen LogP contribution is 2.14. The van der Waals surface area contributed by atoms with Gasteiger partial charge in [0.15, 0.2) is 0 Å². The summed E-state index contributed by atoms with van der Waals surface area (Å²) < 4.78 is 16.3. The van der Waals surface area contributed by atoms with E-state index in [-0.39, 0.29) is 5.91 Å². The zero-order valence-electron chi connectivity index (χ0n) is 13.8. The lowest BCUT2D eigenvalue weighted by atomic mass is 10.1. The minimum Gasteiger partial charge on any atom is -0.466 e. The van der Waals surface area contributed by atoms with Gasteiger partial charge in [-0.1, -0.05) is 31.2 Å². The van der Waals surface area contributed by atoms with Crippen LogP contribution in [-0.4, -0.2) is 47.4 Å². The third-order valence-corrected chi connectivity index (χ3v) is 4.60. The molecule has 0 saturated heterocycles. The molecule has 0 heterocycles. The normalized spacial score (nSPS) is 12.1. The smallest absolute Gasteiger partial charge is 0.330 e. The molecule has 0 aliphatic rings. The average Bonchev–Trinajstić information content (AvgIpc) is 2.57. The minimum atomic E-state index is -0.964. The van der Waals surface area contributed by atoms with Crippen LogP contribution in [0.1, 0.15) is 29.3 Å². The van der Waals surface area contributed by atoms with E-state index in [0.717, 1.165) is 5.56 Å². The fraction of sp³-hybridized carbons (Fsp3) is 0.412. The Bertz CT molecular complexity index is 598. The standard InChI is InChI=1S/C17H23NO4S/c1-4-23(21)13-14-9-5-6-10-15(14)17(20)18(2)12-8-7-11-16(19)22-3/h5-7,9-11H,4,8,12-13H2,1-3H3/b11-7-. The lowest BCUT2D eigenvalue weighted by molar-refractivity contribution is -0.134. The van der Waals surface area contributed by atoms with Crippen LogP contribution in [0, 0.1) is 0 Å². The van der Waals surface area contributed by atoms with Gasteiger partial charge in [0.05, 0.1) is 7.11 Å². The number of benzene rings is 1. The third-order valence-electron chi connectivity index (χ3n) is 3.32. The molecule has 0 aliphatic heterocycles. The van der Waals surface area contributed by atoms with Gasteiger partial charge in [-0.15, -0.1) is 0 Å². The van der Waals surface area contributed by atoms with Crippen molar-refractivity contribution in [3.05, 3.63) is 47.5 Å². The number of methoxy groups -OCH3 is 1. The lowest BCUT2D eigenvalue weighted by Gasteiger charge is -2.18. The lowest BCUT2D eigenvalue weighted by Crippen LogP contribution is -2.28. The Balaban J connectivity index is 2.71. The van der Waals surface area contributed by atoms with Crippen molar-refractivity contribution < 1.29 is 18.5 Å². The van der Waals surface area contributed by atoms with Gasteiger partial charge < -0.3 is 9.64 Å². The van der Waals surface area contributed by atoms with Gasteiger partial charge in [0.1, 0.15) is 0 Å². The predicted molar refractivity (Wildman–Crippen MR) is 91.6 cm³/mol. The van der Waals surface area contributed by atoms with E-state index in [1.807, 2.05) is 19.1 Å². The number of carbonyl (C=O) groups excluding carboxylic acids is 2. The maximum atomic E-state index is 12.5. The molecule has 1 rings (SSSR count). The highest BCUT2D eigenvalue weighted by Gasteiger charge is 2.15. The maximum absolute atomic E-state index is 12.5. The zero-order chi connectivity index (χ0) is 17.2. The van der Waals surface area contributed by atoms with E-state index in [0.29, 0.717) is 30.0 Å². The van der Waals surface area contributed by atoms with Crippen LogP contribution in [0.2, 0.25) is 0 Å². The molecule has 1 amide bonds. The number of ether oxygens (including phenoxy) is 1. The van der Waals surface area contributed by atoms with Gasteiger partial charge in [-0.25, -0.2) is 4.79 Å². The maximum Gasteiger partial charge on any atom is 0.330 e. The largest absolute Gasteiger partial charge is 0.466 e. The fourth-order valence-electron chi connectivity index (χ4n) is 1.95. The van der Waals surface area contributed by atoms with Gasteiger partial charge >= 0.3 is 5.97 Å². The average molecular weight is 337 g/mol. The molecule has 1 aromatic rings. The molecule has 0 aliphatic carbocycles. The number of nitrogens with zero attached hydrogens (tertiary/aromatic N) is 1. The second kappa shape index (κ2) is 9.94. The molecule has 0 radical (unpaired) electrons. The van der Waals surface area contributed by atoms with Gasteiger partial charge in [0, 0.05) is 47.5 Å². The van der Waals surface area contributed by atoms with E-state index >= 15 is 0 Å². The molecular weight excluding hydrogens is 314 g/mol. The molecule has 0 fully saturated rings. The second-order valence-electron chi connectivity index (χ2n) is 4.97. The number of carbonyl (C=O) groups is 2. The van der Waals surface area contributed by atoms with Crippen molar-refractivity contribution in [1.82, 2.24) is 4.90 Å². The Kier molecular flexibility index (Phi) is 8.26. The first-order chi connectivity index (χ1) is 11.0. The number of rotatable bonds is 8. The Morgan fingerprint density at radius 2 is 2.00 bits per heavy atom. The van der Waals surface area contributed by atoms with Crippen LogP contribution in [0.4, 0.5) is 0 Å². The zero-order valence-corrected chi connectivity index (χ0v) is 14.6. The highest BCUT2D eigenvalue weighted by molar-refractivity contribution is 7.84. The first-order valence-corrected chi connectivity index (χ1v) is 8.91. The van der Waals surface area contributed by atoms with Crippen LogP contribution in [-0.2, 0) is 26.1 Å². The summed E-state index contributed by atoms with van der Waals surface area (Å²) >= 11 is 0. The summed E-state index contributed by atoms with van der Waals surface area (Å²) in [5, 5.41) is 0. The van der Waals surface area contributed by atoms with E-state index in [9.17, 15) is 13.8 Å². The molecule has 1 atom stereocenters. The van der Waals surface area contributed by atoms with Crippen molar-refractivity contribution in [3.8, 4) is 0 Å². The van der Waals surface area contributed by atoms with Gasteiger partial charge in [0.2, 0.25) is 0 Å². The van der Waals surface area contributed by atoms with Crippen molar-refractivity contribution in [2.45, 2.75) is 19.1 Å². The molecule has 0 aromatic heterocycles. The van der Waals surface area contributed by atoms with Crippen molar-refractivity contribution in [3.63, 3.8) is 0 Å². The molecule has 1 unspecified atom stereocenters. The van der Waals surface area contributed by atoms with Crippen LogP contribution in [0.25, 0.3) is 0 Å². The summed E-state index contributed by atoms with van der Waals surface area (Å²) in [6.07, 6.45) is 3.57. The van der Waals surface area contributed by atoms with Crippen LogP contribution < -0.4 is 0 Å². The fourth-order valence-corrected chi connectivity index (χ4v) is 2.76. The number of hydrogen-bond acceptors (Lipinski definition) is 4. The Hall–Kier alpha value is -1.95. The van der Waals surface area contributed by atoms with E-state index in [4.69, 9.17) is 0 Å². The monoisotopic (exact) mass is 337 g/mol. The van der Waals surface area contributed by atoms with Gasteiger partial charge in [-0.05, 0) is 18.1 Å². The second-order valence-corrected chi connectivity index (χ2v) is 6.72. The molecule has 0 saturated carbocycles. The first kappa shape index (κ1) is 19.1. The van der Waals surface area contributed by atoms with Crippen LogP contribution >= 0.6 is 0 Å². The number of esters is 1. The Labute approximate surface area is 139 Å². The van der Waals surface area contributed by atoms with Crippen molar-refractivity contribution in [2.75, 3.05) is 26.5 Å². The summed E-state index contributed by atoms with van der Waals surface area (Å²) in [5.41, 5.74) is 1.38. The van der Waals surface area contributed by atoms with Crippen LogP contribution in [0.15, 0.2) is 36.4 Å². The topological polar surface area (TPSA) is 63.7 Å². The molecule has 126 valence electrons. The SMILES string of the molecule is CCS(=O)Cc1ccccc1C(=O)N(C)CC/C=C\C(=O)OC. The van der Waals surface area contributed by atoms with E-state index in [1.54, 1.807) is 30.2 Å². The summed E-state index contributed by atoms with van der Waals surface area (Å²) in [7, 11) is 2.06. The van der Waals surface area contributed by atoms with Crippen LogP contribution in [0.5, 0.6) is 0 Å². The van der Waals surface area contributed by atoms with Crippen molar-refractivity contribution >= 4 is 22.7 Å². The Morgan fingerprint density at radius 1 is 1.30 bits per heavy atom. The van der Waals surface area contributed by atoms with Crippen LogP contribution in [0.3, 0.4) is 0 Å². The summed E-state index contributed by atoms with van der Waals surface area (Å²) in [6, 6.07) is 7.24. The van der Waals surface area contributed by atoms with Gasteiger partial charge in [0.25, 0.3) is 5.91 Å². The predicted octanol–water partition coefficient (Wildman–Crippen LogP) is 2.15. The van der Waals surface area contributed by atoms with Gasteiger partial charge in [-0.2, -0.15) is 0 Å². The number of hydrogen-bond donors (Lipinski definition) is 0. The van der Waals surface area contributed by atoms with E-state index in [2.05, 4.69) is 4.74 Å². The quantitative estimate of drug-likeness (QED) is 0.538. The third kappa shape index (κ3) is 6.36. The Morgan fingerprint density at radius 3 is 2.65 bits per heavy atom. The van der Waals surface area contributed by atoms with Gasteiger partial charge in [-0.3, -0.25) is 9.00 Å².